The molecule has 3 rings (SSSR count). The highest BCUT2D eigenvalue weighted by Crippen LogP contribution is 2.22. The second-order valence-electron chi connectivity index (χ2n) is 7.14. The van der Waals surface area contributed by atoms with Crippen LogP contribution in [0.4, 0.5) is 5.69 Å². The Bertz CT molecular complexity index is 676. The first-order valence-corrected chi connectivity index (χ1v) is 9.79. The molecule has 0 unspecified atom stereocenters. The molecular weight excluding hydrogens is 322 g/mol. The summed E-state index contributed by atoms with van der Waals surface area (Å²) < 4.78 is 0. The zero-order chi connectivity index (χ0) is 18.2. The summed E-state index contributed by atoms with van der Waals surface area (Å²) in [5, 5.41) is 3.33. The third kappa shape index (κ3) is 5.07. The van der Waals surface area contributed by atoms with Crippen LogP contribution in [0.1, 0.15) is 48.7 Å². The SMILES string of the molecule is CCCCNc1ccc(C(=O)N2CCC(Cc3ccccc3)CC2)nc1. The number of anilines is 1. The van der Waals surface area contributed by atoms with Crippen LogP contribution in [0, 0.1) is 5.92 Å². The maximum Gasteiger partial charge on any atom is 0.272 e. The fourth-order valence-corrected chi connectivity index (χ4v) is 3.48. The van der Waals surface area contributed by atoms with E-state index >= 15 is 0 Å². The maximum absolute atomic E-state index is 12.7. The van der Waals surface area contributed by atoms with E-state index in [1.807, 2.05) is 17.0 Å². The lowest BCUT2D eigenvalue weighted by atomic mass is 9.90. The van der Waals surface area contributed by atoms with E-state index in [-0.39, 0.29) is 5.91 Å². The standard InChI is InChI=1S/C22H29N3O/c1-2-3-13-23-20-9-10-21(24-17-20)22(26)25-14-11-19(12-15-25)16-18-7-5-4-6-8-18/h4-10,17,19,23H,2-3,11-16H2,1H3. The number of nitrogens with zero attached hydrogens (tertiary/aromatic N) is 2. The molecule has 0 atom stereocenters. The molecule has 26 heavy (non-hydrogen) atoms. The number of likely N-dealkylation sites (tertiary alicyclic amines) is 1. The molecule has 0 spiro atoms. The largest absolute Gasteiger partial charge is 0.384 e. The number of nitrogens with one attached hydrogen (secondary N) is 1. The number of hydrogen-bond donors (Lipinski definition) is 1. The van der Waals surface area contributed by atoms with Gasteiger partial charge in [-0.25, -0.2) is 4.98 Å². The lowest BCUT2D eigenvalue weighted by molar-refractivity contribution is 0.0684. The van der Waals surface area contributed by atoms with Gasteiger partial charge in [0.15, 0.2) is 0 Å². The summed E-state index contributed by atoms with van der Waals surface area (Å²) >= 11 is 0. The Labute approximate surface area is 156 Å². The summed E-state index contributed by atoms with van der Waals surface area (Å²) in [5.74, 6) is 0.725. The van der Waals surface area contributed by atoms with E-state index in [2.05, 4.69) is 47.6 Å². The monoisotopic (exact) mass is 351 g/mol. The van der Waals surface area contributed by atoms with Crippen molar-refractivity contribution in [3.8, 4) is 0 Å². The molecule has 1 aliphatic rings. The molecule has 0 radical (unpaired) electrons. The highest BCUT2D eigenvalue weighted by atomic mass is 16.2. The quantitative estimate of drug-likeness (QED) is 0.753. The molecule has 138 valence electrons. The Morgan fingerprint density at radius 2 is 1.92 bits per heavy atom. The van der Waals surface area contributed by atoms with Crippen LogP contribution in [0.25, 0.3) is 0 Å². The molecule has 0 aliphatic carbocycles. The van der Waals surface area contributed by atoms with Gasteiger partial charge >= 0.3 is 0 Å². The van der Waals surface area contributed by atoms with E-state index in [9.17, 15) is 4.79 Å². The van der Waals surface area contributed by atoms with Crippen molar-refractivity contribution in [1.29, 1.82) is 0 Å². The zero-order valence-electron chi connectivity index (χ0n) is 15.7. The number of aromatic nitrogens is 1. The molecule has 1 saturated heterocycles. The molecule has 0 saturated carbocycles. The summed E-state index contributed by atoms with van der Waals surface area (Å²) in [7, 11) is 0. The van der Waals surface area contributed by atoms with Gasteiger partial charge in [-0.05, 0) is 49.3 Å². The first-order chi connectivity index (χ1) is 12.8. The van der Waals surface area contributed by atoms with Gasteiger partial charge in [-0.15, -0.1) is 0 Å². The number of piperidine rings is 1. The zero-order valence-corrected chi connectivity index (χ0v) is 15.7. The van der Waals surface area contributed by atoms with Gasteiger partial charge in [0, 0.05) is 19.6 Å². The summed E-state index contributed by atoms with van der Waals surface area (Å²) in [5.41, 5.74) is 2.93. The molecule has 1 aromatic carbocycles. The second-order valence-corrected chi connectivity index (χ2v) is 7.14. The van der Waals surface area contributed by atoms with Crippen LogP contribution in [0.2, 0.25) is 0 Å². The Hall–Kier alpha value is -2.36. The Kier molecular flexibility index (Phi) is 6.64. The first kappa shape index (κ1) is 18.4. The van der Waals surface area contributed by atoms with Crippen molar-refractivity contribution < 1.29 is 4.79 Å². The van der Waals surface area contributed by atoms with Gasteiger partial charge in [0.2, 0.25) is 0 Å². The lowest BCUT2D eigenvalue weighted by Crippen LogP contribution is -2.39. The van der Waals surface area contributed by atoms with Crippen LogP contribution in [0.5, 0.6) is 0 Å². The van der Waals surface area contributed by atoms with Crippen LogP contribution in [-0.2, 0) is 6.42 Å². The molecule has 0 bridgehead atoms. The van der Waals surface area contributed by atoms with E-state index in [1.54, 1.807) is 6.20 Å². The molecule has 4 nitrogen and oxygen atoms in total. The minimum atomic E-state index is 0.0586. The third-order valence-corrected chi connectivity index (χ3v) is 5.11. The van der Waals surface area contributed by atoms with Crippen LogP contribution < -0.4 is 5.32 Å². The summed E-state index contributed by atoms with van der Waals surface area (Å²) in [6.45, 7) is 4.77. The Morgan fingerprint density at radius 1 is 1.15 bits per heavy atom. The molecule has 1 aliphatic heterocycles. The minimum absolute atomic E-state index is 0.0586. The number of unbranched alkanes of at least 4 members (excludes halogenated alkanes) is 1. The van der Waals surface area contributed by atoms with Gasteiger partial charge in [-0.3, -0.25) is 4.79 Å². The summed E-state index contributed by atoms with van der Waals surface area (Å²) in [6.07, 6.45) is 7.31. The normalized spacial score (nSPS) is 15.0. The van der Waals surface area contributed by atoms with Crippen molar-refractivity contribution in [2.45, 2.75) is 39.0 Å². The second kappa shape index (κ2) is 9.37. The summed E-state index contributed by atoms with van der Waals surface area (Å²) in [6, 6.07) is 14.4. The van der Waals surface area contributed by atoms with Gasteiger partial charge in [-0.1, -0.05) is 43.7 Å². The Balaban J connectivity index is 1.48. The molecule has 4 heteroatoms. The average Bonchev–Trinajstić information content (AvgIpc) is 2.70. The third-order valence-electron chi connectivity index (χ3n) is 5.11. The van der Waals surface area contributed by atoms with Crippen molar-refractivity contribution in [1.82, 2.24) is 9.88 Å². The topological polar surface area (TPSA) is 45.2 Å². The molecule has 1 amide bonds. The fourth-order valence-electron chi connectivity index (χ4n) is 3.48. The van der Waals surface area contributed by atoms with Crippen molar-refractivity contribution in [3.05, 3.63) is 59.9 Å². The lowest BCUT2D eigenvalue weighted by Gasteiger charge is -2.32. The molecular formula is C22H29N3O. The van der Waals surface area contributed by atoms with Gasteiger partial charge < -0.3 is 10.2 Å². The maximum atomic E-state index is 12.7. The first-order valence-electron chi connectivity index (χ1n) is 9.79. The molecule has 1 fully saturated rings. The van der Waals surface area contributed by atoms with Gasteiger partial charge in [0.05, 0.1) is 11.9 Å². The van der Waals surface area contributed by atoms with Crippen LogP contribution >= 0.6 is 0 Å². The fraction of sp³-hybridized carbons (Fsp3) is 0.455. The average molecular weight is 351 g/mol. The molecule has 1 N–H and O–H groups in total. The van der Waals surface area contributed by atoms with Crippen LogP contribution in [0.15, 0.2) is 48.7 Å². The predicted molar refractivity (Wildman–Crippen MR) is 106 cm³/mol. The molecule has 1 aromatic heterocycles. The number of hydrogen-bond acceptors (Lipinski definition) is 3. The highest BCUT2D eigenvalue weighted by molar-refractivity contribution is 5.92. The van der Waals surface area contributed by atoms with E-state index < -0.39 is 0 Å². The van der Waals surface area contributed by atoms with Gasteiger partial charge in [0.25, 0.3) is 5.91 Å². The number of amides is 1. The molecule has 2 aromatic rings. The van der Waals surface area contributed by atoms with E-state index in [0.29, 0.717) is 11.6 Å². The molecule has 2 heterocycles. The summed E-state index contributed by atoms with van der Waals surface area (Å²) in [4.78, 5) is 19.0. The number of carbonyl (C=O) groups excluding carboxylic acids is 1. The van der Waals surface area contributed by atoms with Gasteiger partial charge in [0.1, 0.15) is 5.69 Å². The van der Waals surface area contributed by atoms with Crippen molar-refractivity contribution >= 4 is 11.6 Å². The number of rotatable bonds is 7. The smallest absolute Gasteiger partial charge is 0.272 e. The highest BCUT2D eigenvalue weighted by Gasteiger charge is 2.24. The van der Waals surface area contributed by atoms with Crippen LogP contribution in [-0.4, -0.2) is 35.4 Å². The van der Waals surface area contributed by atoms with Crippen molar-refractivity contribution in [2.24, 2.45) is 5.92 Å². The predicted octanol–water partition coefficient (Wildman–Crippen LogP) is 4.39. The van der Waals surface area contributed by atoms with E-state index in [4.69, 9.17) is 0 Å². The number of pyridine rings is 1. The Morgan fingerprint density at radius 3 is 2.58 bits per heavy atom. The van der Waals surface area contributed by atoms with Gasteiger partial charge in [-0.2, -0.15) is 0 Å². The number of benzene rings is 1. The minimum Gasteiger partial charge on any atom is -0.384 e. The van der Waals surface area contributed by atoms with Crippen LogP contribution in [0.3, 0.4) is 0 Å². The van der Waals surface area contributed by atoms with Crippen molar-refractivity contribution in [2.75, 3.05) is 25.0 Å². The van der Waals surface area contributed by atoms with E-state index in [0.717, 1.165) is 57.4 Å². The van der Waals surface area contributed by atoms with E-state index in [1.165, 1.54) is 5.56 Å². The number of carbonyl (C=O) groups is 1. The van der Waals surface area contributed by atoms with Crippen molar-refractivity contribution in [3.63, 3.8) is 0 Å².